The molecular weight excluding hydrogens is 234 g/mol. The summed E-state index contributed by atoms with van der Waals surface area (Å²) < 4.78 is 0. The van der Waals surface area contributed by atoms with E-state index in [9.17, 15) is 0 Å². The van der Waals surface area contributed by atoms with Gasteiger partial charge in [0.1, 0.15) is 0 Å². The summed E-state index contributed by atoms with van der Waals surface area (Å²) in [5.41, 5.74) is 1.15. The van der Waals surface area contributed by atoms with E-state index in [1.807, 2.05) is 12.3 Å². The predicted molar refractivity (Wildman–Crippen MR) is 82.2 cm³/mol. The summed E-state index contributed by atoms with van der Waals surface area (Å²) in [7, 11) is 2.21. The molecule has 0 amide bonds. The second-order valence-electron chi connectivity index (χ2n) is 5.16. The Labute approximate surface area is 118 Å². The molecule has 3 heteroatoms. The van der Waals surface area contributed by atoms with Gasteiger partial charge in [0, 0.05) is 24.8 Å². The highest BCUT2D eigenvalue weighted by Crippen LogP contribution is 2.14. The first kappa shape index (κ1) is 16.1. The molecule has 0 fully saturated rings. The zero-order chi connectivity index (χ0) is 14.1. The van der Waals surface area contributed by atoms with Gasteiger partial charge in [0.15, 0.2) is 0 Å². The standard InChI is InChI=1S/C16H29N3/c1-5-10-15(17-7-3)16(6-2)19(4)13-14-11-8-9-12-18-14/h8-9,11-12,15-17H,5-7,10,13H2,1-4H3. The highest BCUT2D eigenvalue weighted by Gasteiger charge is 2.22. The topological polar surface area (TPSA) is 28.2 Å². The third-order valence-electron chi connectivity index (χ3n) is 3.65. The fourth-order valence-electron chi connectivity index (χ4n) is 2.77. The molecule has 2 atom stereocenters. The van der Waals surface area contributed by atoms with Crippen molar-refractivity contribution in [2.45, 2.75) is 58.7 Å². The number of nitrogens with one attached hydrogen (secondary N) is 1. The maximum Gasteiger partial charge on any atom is 0.0543 e. The minimum Gasteiger partial charge on any atom is -0.313 e. The van der Waals surface area contributed by atoms with E-state index in [-0.39, 0.29) is 0 Å². The molecule has 0 spiro atoms. The predicted octanol–water partition coefficient (Wildman–Crippen LogP) is 3.07. The van der Waals surface area contributed by atoms with E-state index in [0.717, 1.165) is 18.8 Å². The lowest BCUT2D eigenvalue weighted by molar-refractivity contribution is 0.171. The van der Waals surface area contributed by atoms with Gasteiger partial charge in [-0.2, -0.15) is 0 Å². The van der Waals surface area contributed by atoms with E-state index in [2.05, 4.69) is 55.2 Å². The van der Waals surface area contributed by atoms with E-state index in [4.69, 9.17) is 0 Å². The number of pyridine rings is 1. The van der Waals surface area contributed by atoms with Gasteiger partial charge in [0.25, 0.3) is 0 Å². The lowest BCUT2D eigenvalue weighted by Crippen LogP contribution is -2.48. The molecule has 0 aliphatic rings. The van der Waals surface area contributed by atoms with Crippen LogP contribution in [0.1, 0.15) is 45.7 Å². The summed E-state index contributed by atoms with van der Waals surface area (Å²) in [4.78, 5) is 6.86. The van der Waals surface area contributed by atoms with Crippen LogP contribution in [0.3, 0.4) is 0 Å². The van der Waals surface area contributed by atoms with Gasteiger partial charge in [-0.1, -0.05) is 33.3 Å². The fraction of sp³-hybridized carbons (Fsp3) is 0.688. The van der Waals surface area contributed by atoms with Crippen LogP contribution in [-0.4, -0.2) is 35.6 Å². The van der Waals surface area contributed by atoms with Gasteiger partial charge in [-0.15, -0.1) is 0 Å². The lowest BCUT2D eigenvalue weighted by atomic mass is 9.99. The third kappa shape index (κ3) is 5.29. The zero-order valence-electron chi connectivity index (χ0n) is 12.9. The minimum absolute atomic E-state index is 0.571. The van der Waals surface area contributed by atoms with E-state index >= 15 is 0 Å². The molecule has 0 saturated carbocycles. The van der Waals surface area contributed by atoms with Crippen molar-refractivity contribution in [1.29, 1.82) is 0 Å². The minimum atomic E-state index is 0.571. The molecule has 1 aromatic rings. The smallest absolute Gasteiger partial charge is 0.0543 e. The number of likely N-dealkylation sites (N-methyl/N-ethyl adjacent to an activating group) is 2. The Balaban J connectivity index is 2.65. The molecule has 1 aromatic heterocycles. The number of nitrogens with zero attached hydrogens (tertiary/aromatic N) is 2. The van der Waals surface area contributed by atoms with Crippen LogP contribution < -0.4 is 5.32 Å². The van der Waals surface area contributed by atoms with Gasteiger partial charge < -0.3 is 5.32 Å². The van der Waals surface area contributed by atoms with Crippen LogP contribution in [0.4, 0.5) is 0 Å². The summed E-state index contributed by atoms with van der Waals surface area (Å²) in [6.45, 7) is 8.69. The van der Waals surface area contributed by atoms with Crippen LogP contribution in [0.5, 0.6) is 0 Å². The van der Waals surface area contributed by atoms with E-state index in [1.165, 1.54) is 19.3 Å². The molecule has 0 radical (unpaired) electrons. The normalized spacial score (nSPS) is 14.6. The maximum atomic E-state index is 4.42. The molecule has 19 heavy (non-hydrogen) atoms. The molecule has 0 aliphatic carbocycles. The van der Waals surface area contributed by atoms with Gasteiger partial charge in [-0.3, -0.25) is 9.88 Å². The highest BCUT2D eigenvalue weighted by molar-refractivity contribution is 5.03. The molecule has 3 nitrogen and oxygen atoms in total. The summed E-state index contributed by atoms with van der Waals surface area (Å²) in [6.07, 6.45) is 5.50. The first-order valence-corrected chi connectivity index (χ1v) is 7.56. The Bertz CT molecular complexity index is 320. The summed E-state index contributed by atoms with van der Waals surface area (Å²) >= 11 is 0. The zero-order valence-corrected chi connectivity index (χ0v) is 12.9. The Morgan fingerprint density at radius 1 is 1.26 bits per heavy atom. The molecule has 0 aliphatic heterocycles. The van der Waals surface area contributed by atoms with Gasteiger partial charge in [0.2, 0.25) is 0 Å². The van der Waals surface area contributed by atoms with Crippen molar-refractivity contribution in [3.8, 4) is 0 Å². The number of hydrogen-bond acceptors (Lipinski definition) is 3. The Morgan fingerprint density at radius 3 is 2.58 bits per heavy atom. The maximum absolute atomic E-state index is 4.42. The fourth-order valence-corrected chi connectivity index (χ4v) is 2.77. The number of hydrogen-bond donors (Lipinski definition) is 1. The molecule has 0 saturated heterocycles. The molecule has 0 aromatic carbocycles. The molecule has 108 valence electrons. The molecule has 1 rings (SSSR count). The van der Waals surface area contributed by atoms with Crippen molar-refractivity contribution in [3.63, 3.8) is 0 Å². The van der Waals surface area contributed by atoms with Crippen LogP contribution in [0, 0.1) is 0 Å². The molecule has 0 bridgehead atoms. The number of rotatable bonds is 9. The second-order valence-corrected chi connectivity index (χ2v) is 5.16. The van der Waals surface area contributed by atoms with E-state index in [1.54, 1.807) is 0 Å². The third-order valence-corrected chi connectivity index (χ3v) is 3.65. The Kier molecular flexibility index (Phi) is 7.68. The van der Waals surface area contributed by atoms with Gasteiger partial charge >= 0.3 is 0 Å². The Hall–Kier alpha value is -0.930. The average Bonchev–Trinajstić information content (AvgIpc) is 2.41. The first-order chi connectivity index (χ1) is 9.22. The van der Waals surface area contributed by atoms with Crippen LogP contribution in [-0.2, 0) is 6.54 Å². The van der Waals surface area contributed by atoms with Gasteiger partial charge in [-0.25, -0.2) is 0 Å². The van der Waals surface area contributed by atoms with Crippen molar-refractivity contribution >= 4 is 0 Å². The molecule has 2 unspecified atom stereocenters. The van der Waals surface area contributed by atoms with Crippen LogP contribution in [0.15, 0.2) is 24.4 Å². The second kappa shape index (κ2) is 9.05. The average molecular weight is 263 g/mol. The highest BCUT2D eigenvalue weighted by atomic mass is 15.2. The SMILES string of the molecule is CCCC(NCC)C(CC)N(C)Cc1ccccn1. The Morgan fingerprint density at radius 2 is 2.05 bits per heavy atom. The van der Waals surface area contributed by atoms with Crippen molar-refractivity contribution in [3.05, 3.63) is 30.1 Å². The molecular formula is C16H29N3. The summed E-state index contributed by atoms with van der Waals surface area (Å²) in [5, 5.41) is 3.64. The van der Waals surface area contributed by atoms with Crippen molar-refractivity contribution < 1.29 is 0 Å². The summed E-state index contributed by atoms with van der Waals surface area (Å²) in [6, 6.07) is 7.28. The van der Waals surface area contributed by atoms with Gasteiger partial charge in [0.05, 0.1) is 5.69 Å². The van der Waals surface area contributed by atoms with Crippen molar-refractivity contribution in [2.24, 2.45) is 0 Å². The largest absolute Gasteiger partial charge is 0.313 e. The van der Waals surface area contributed by atoms with Crippen molar-refractivity contribution in [2.75, 3.05) is 13.6 Å². The monoisotopic (exact) mass is 263 g/mol. The van der Waals surface area contributed by atoms with Crippen molar-refractivity contribution in [1.82, 2.24) is 15.2 Å². The van der Waals surface area contributed by atoms with Crippen LogP contribution in [0.25, 0.3) is 0 Å². The molecule has 1 N–H and O–H groups in total. The van der Waals surface area contributed by atoms with Gasteiger partial charge in [-0.05, 0) is 38.6 Å². The first-order valence-electron chi connectivity index (χ1n) is 7.56. The lowest BCUT2D eigenvalue weighted by Gasteiger charge is -2.34. The van der Waals surface area contributed by atoms with Crippen LogP contribution >= 0.6 is 0 Å². The molecule has 1 heterocycles. The van der Waals surface area contributed by atoms with E-state index in [0.29, 0.717) is 12.1 Å². The summed E-state index contributed by atoms with van der Waals surface area (Å²) in [5.74, 6) is 0. The quantitative estimate of drug-likeness (QED) is 0.742. The van der Waals surface area contributed by atoms with Crippen LogP contribution in [0.2, 0.25) is 0 Å². The van der Waals surface area contributed by atoms with E-state index < -0.39 is 0 Å². The number of aromatic nitrogens is 1.